The monoisotopic (exact) mass is 298 g/mol. The second-order valence-electron chi connectivity index (χ2n) is 3.90. The van der Waals surface area contributed by atoms with E-state index < -0.39 is 6.10 Å². The summed E-state index contributed by atoms with van der Waals surface area (Å²) in [6.45, 7) is 1.80. The lowest BCUT2D eigenvalue weighted by Crippen LogP contribution is -2.02. The predicted molar refractivity (Wildman–Crippen MR) is 66.2 cm³/mol. The van der Waals surface area contributed by atoms with E-state index in [2.05, 4.69) is 15.9 Å². The van der Waals surface area contributed by atoms with Gasteiger partial charge in [-0.1, -0.05) is 15.9 Å². The standard InChI is InChI=1S/C13H12BrFO2/c1-8-2-5-13(17-8)12(16)7-9-6-10(14)3-4-11(9)15/h2-6,12,16H,7H2,1H3. The third kappa shape index (κ3) is 2.96. The average molecular weight is 299 g/mol. The molecule has 1 heterocycles. The molecule has 1 N–H and O–H groups in total. The minimum absolute atomic E-state index is 0.193. The molecule has 1 atom stereocenters. The summed E-state index contributed by atoms with van der Waals surface area (Å²) in [4.78, 5) is 0. The summed E-state index contributed by atoms with van der Waals surface area (Å²) < 4.78 is 19.6. The van der Waals surface area contributed by atoms with Crippen LogP contribution >= 0.6 is 15.9 Å². The van der Waals surface area contributed by atoms with Gasteiger partial charge in [0.05, 0.1) is 0 Å². The Morgan fingerprint density at radius 3 is 2.76 bits per heavy atom. The zero-order chi connectivity index (χ0) is 12.4. The first-order valence-electron chi connectivity index (χ1n) is 5.24. The van der Waals surface area contributed by atoms with Crippen molar-refractivity contribution in [2.24, 2.45) is 0 Å². The highest BCUT2D eigenvalue weighted by Crippen LogP contribution is 2.23. The normalized spacial score (nSPS) is 12.7. The van der Waals surface area contributed by atoms with E-state index in [0.717, 1.165) is 10.2 Å². The summed E-state index contributed by atoms with van der Waals surface area (Å²) in [6, 6.07) is 8.14. The number of hydrogen-bond donors (Lipinski definition) is 1. The van der Waals surface area contributed by atoms with E-state index in [4.69, 9.17) is 4.42 Å². The highest BCUT2D eigenvalue weighted by molar-refractivity contribution is 9.10. The molecule has 0 amide bonds. The Kier molecular flexibility index (Phi) is 3.64. The van der Waals surface area contributed by atoms with Crippen LogP contribution in [-0.4, -0.2) is 5.11 Å². The van der Waals surface area contributed by atoms with Gasteiger partial charge in [-0.25, -0.2) is 4.39 Å². The topological polar surface area (TPSA) is 33.4 Å². The van der Waals surface area contributed by atoms with Gasteiger partial charge in [-0.15, -0.1) is 0 Å². The lowest BCUT2D eigenvalue weighted by atomic mass is 10.1. The van der Waals surface area contributed by atoms with E-state index in [1.165, 1.54) is 6.07 Å². The fraction of sp³-hybridized carbons (Fsp3) is 0.231. The van der Waals surface area contributed by atoms with Crippen molar-refractivity contribution < 1.29 is 13.9 Å². The summed E-state index contributed by atoms with van der Waals surface area (Å²) in [7, 11) is 0. The van der Waals surface area contributed by atoms with E-state index in [1.54, 1.807) is 31.2 Å². The zero-order valence-corrected chi connectivity index (χ0v) is 10.9. The first-order chi connectivity index (χ1) is 8.06. The minimum Gasteiger partial charge on any atom is -0.464 e. The Hall–Kier alpha value is -1.13. The molecule has 2 aromatic rings. The molecule has 2 nitrogen and oxygen atoms in total. The Labute approximate surface area is 107 Å². The molecular formula is C13H12BrFO2. The van der Waals surface area contributed by atoms with Crippen molar-refractivity contribution in [3.63, 3.8) is 0 Å². The molecule has 0 aliphatic rings. The van der Waals surface area contributed by atoms with Gasteiger partial charge in [-0.3, -0.25) is 0 Å². The second kappa shape index (κ2) is 5.02. The number of halogens is 2. The van der Waals surface area contributed by atoms with Crippen LogP contribution in [0.4, 0.5) is 4.39 Å². The van der Waals surface area contributed by atoms with Gasteiger partial charge in [0.2, 0.25) is 0 Å². The molecule has 0 spiro atoms. The van der Waals surface area contributed by atoms with E-state index in [-0.39, 0.29) is 12.2 Å². The van der Waals surface area contributed by atoms with Crippen LogP contribution in [0, 0.1) is 12.7 Å². The molecule has 1 aromatic carbocycles. The summed E-state index contributed by atoms with van der Waals surface area (Å²) in [5.74, 6) is 0.867. The van der Waals surface area contributed by atoms with E-state index in [9.17, 15) is 9.50 Å². The molecule has 4 heteroatoms. The fourth-order valence-electron chi connectivity index (χ4n) is 1.64. The van der Waals surface area contributed by atoms with Crippen molar-refractivity contribution in [1.29, 1.82) is 0 Å². The molecule has 0 aliphatic carbocycles. The lowest BCUT2D eigenvalue weighted by Gasteiger charge is -2.09. The molecule has 1 unspecified atom stereocenters. The zero-order valence-electron chi connectivity index (χ0n) is 9.28. The summed E-state index contributed by atoms with van der Waals surface area (Å²) in [5.41, 5.74) is 0.459. The van der Waals surface area contributed by atoms with Gasteiger partial charge in [-0.2, -0.15) is 0 Å². The van der Waals surface area contributed by atoms with Gasteiger partial charge in [-0.05, 0) is 42.8 Å². The largest absolute Gasteiger partial charge is 0.464 e. The highest BCUT2D eigenvalue weighted by Gasteiger charge is 2.14. The third-order valence-corrected chi connectivity index (χ3v) is 3.00. The first kappa shape index (κ1) is 12.3. The Morgan fingerprint density at radius 1 is 1.35 bits per heavy atom. The SMILES string of the molecule is Cc1ccc(C(O)Cc2cc(Br)ccc2F)o1. The highest BCUT2D eigenvalue weighted by atomic mass is 79.9. The fourth-order valence-corrected chi connectivity index (χ4v) is 2.05. The Morgan fingerprint density at radius 2 is 2.12 bits per heavy atom. The quantitative estimate of drug-likeness (QED) is 0.936. The van der Waals surface area contributed by atoms with Gasteiger partial charge in [0.25, 0.3) is 0 Å². The van der Waals surface area contributed by atoms with Crippen LogP contribution in [0.5, 0.6) is 0 Å². The van der Waals surface area contributed by atoms with Crippen molar-refractivity contribution in [2.45, 2.75) is 19.4 Å². The van der Waals surface area contributed by atoms with Gasteiger partial charge in [0.1, 0.15) is 23.4 Å². The smallest absolute Gasteiger partial charge is 0.132 e. The van der Waals surface area contributed by atoms with Crippen molar-refractivity contribution in [1.82, 2.24) is 0 Å². The van der Waals surface area contributed by atoms with E-state index in [0.29, 0.717) is 11.3 Å². The van der Waals surface area contributed by atoms with Crippen molar-refractivity contribution in [3.05, 3.63) is 57.7 Å². The van der Waals surface area contributed by atoms with Crippen LogP contribution in [0.25, 0.3) is 0 Å². The molecule has 0 fully saturated rings. The molecule has 0 aliphatic heterocycles. The minimum atomic E-state index is -0.826. The van der Waals surface area contributed by atoms with E-state index >= 15 is 0 Å². The van der Waals surface area contributed by atoms with Crippen molar-refractivity contribution in [3.8, 4) is 0 Å². The summed E-state index contributed by atoms with van der Waals surface area (Å²) in [5, 5.41) is 9.93. The average Bonchev–Trinajstić information content (AvgIpc) is 2.70. The second-order valence-corrected chi connectivity index (χ2v) is 4.82. The Balaban J connectivity index is 2.18. The van der Waals surface area contributed by atoms with Crippen LogP contribution in [-0.2, 0) is 6.42 Å². The molecule has 2 rings (SSSR count). The molecule has 90 valence electrons. The number of aliphatic hydroxyl groups is 1. The van der Waals surface area contributed by atoms with Crippen LogP contribution in [0.15, 0.2) is 39.2 Å². The molecule has 0 bridgehead atoms. The van der Waals surface area contributed by atoms with Crippen LogP contribution < -0.4 is 0 Å². The number of furan rings is 1. The van der Waals surface area contributed by atoms with Gasteiger partial charge >= 0.3 is 0 Å². The Bertz CT molecular complexity index is 522. The van der Waals surface area contributed by atoms with E-state index in [1.807, 2.05) is 0 Å². The summed E-state index contributed by atoms with van der Waals surface area (Å²) >= 11 is 3.27. The number of aryl methyl sites for hydroxylation is 1. The third-order valence-electron chi connectivity index (χ3n) is 2.51. The van der Waals surface area contributed by atoms with Crippen LogP contribution in [0.1, 0.15) is 23.2 Å². The predicted octanol–water partition coefficient (Wildman–Crippen LogP) is 3.77. The maximum Gasteiger partial charge on any atom is 0.132 e. The molecule has 1 aromatic heterocycles. The molecule has 0 saturated carbocycles. The number of hydrogen-bond acceptors (Lipinski definition) is 2. The van der Waals surface area contributed by atoms with Crippen LogP contribution in [0.2, 0.25) is 0 Å². The maximum absolute atomic E-state index is 13.5. The maximum atomic E-state index is 13.5. The van der Waals surface area contributed by atoms with Crippen LogP contribution in [0.3, 0.4) is 0 Å². The molecular weight excluding hydrogens is 287 g/mol. The van der Waals surface area contributed by atoms with Gasteiger partial charge in [0, 0.05) is 10.9 Å². The molecule has 0 radical (unpaired) electrons. The van der Waals surface area contributed by atoms with Gasteiger partial charge in [0.15, 0.2) is 0 Å². The van der Waals surface area contributed by atoms with Crippen molar-refractivity contribution >= 4 is 15.9 Å². The summed E-state index contributed by atoms with van der Waals surface area (Å²) in [6.07, 6.45) is -0.634. The van der Waals surface area contributed by atoms with Crippen molar-refractivity contribution in [2.75, 3.05) is 0 Å². The lowest BCUT2D eigenvalue weighted by molar-refractivity contribution is 0.147. The molecule has 0 saturated heterocycles. The number of benzene rings is 1. The number of rotatable bonds is 3. The number of aliphatic hydroxyl groups excluding tert-OH is 1. The molecule has 17 heavy (non-hydrogen) atoms. The van der Waals surface area contributed by atoms with Gasteiger partial charge < -0.3 is 9.52 Å². The first-order valence-corrected chi connectivity index (χ1v) is 6.04.